The molecule has 0 amide bonds. The Balaban J connectivity index is 1.92. The van der Waals surface area contributed by atoms with Crippen LogP contribution in [0.25, 0.3) is 0 Å². The number of hydrogen-bond acceptors (Lipinski definition) is 3. The van der Waals surface area contributed by atoms with Crippen LogP contribution in [0.4, 0.5) is 0 Å². The average Bonchev–Trinajstić information content (AvgIpc) is 2.50. The van der Waals surface area contributed by atoms with Gasteiger partial charge in [0.05, 0.1) is 0 Å². The van der Waals surface area contributed by atoms with E-state index in [0.29, 0.717) is 0 Å². The summed E-state index contributed by atoms with van der Waals surface area (Å²) < 4.78 is 0. The quantitative estimate of drug-likeness (QED) is 0.887. The molecule has 0 saturated carbocycles. The third-order valence-electron chi connectivity index (χ3n) is 5.13. The molecule has 2 aliphatic rings. The number of piperazine rings is 1. The lowest BCUT2D eigenvalue weighted by Crippen LogP contribution is -2.58. The van der Waals surface area contributed by atoms with Gasteiger partial charge in [-0.05, 0) is 45.5 Å². The van der Waals surface area contributed by atoms with Gasteiger partial charge in [-0.3, -0.25) is 4.90 Å². The summed E-state index contributed by atoms with van der Waals surface area (Å²) in [5.74, 6) is 0. The maximum atomic E-state index is 3.49. The standard InChI is InChI=1S/C17H27N3/c1-15-3-5-16(6-4-15)17(7-11-19(2)12-8-17)20-13-9-18-10-14-20/h3-6,18H,7-14H2,1-2H3. The predicted octanol–water partition coefficient (Wildman–Crippen LogP) is 1.82. The smallest absolute Gasteiger partial charge is 0.0486 e. The Hall–Kier alpha value is -0.900. The fourth-order valence-electron chi connectivity index (χ4n) is 3.73. The summed E-state index contributed by atoms with van der Waals surface area (Å²) in [5, 5.41) is 3.49. The van der Waals surface area contributed by atoms with Crippen molar-refractivity contribution in [1.82, 2.24) is 15.1 Å². The summed E-state index contributed by atoms with van der Waals surface area (Å²) in [6.07, 6.45) is 2.51. The monoisotopic (exact) mass is 273 g/mol. The molecule has 2 saturated heterocycles. The van der Waals surface area contributed by atoms with Crippen molar-refractivity contribution in [3.05, 3.63) is 35.4 Å². The molecule has 0 unspecified atom stereocenters. The van der Waals surface area contributed by atoms with E-state index in [9.17, 15) is 0 Å². The lowest BCUT2D eigenvalue weighted by molar-refractivity contribution is 0.0155. The maximum absolute atomic E-state index is 3.49. The lowest BCUT2D eigenvalue weighted by Gasteiger charge is -2.50. The zero-order valence-electron chi connectivity index (χ0n) is 12.9. The topological polar surface area (TPSA) is 18.5 Å². The van der Waals surface area contributed by atoms with Crippen LogP contribution in [0.1, 0.15) is 24.0 Å². The van der Waals surface area contributed by atoms with Gasteiger partial charge in [0.2, 0.25) is 0 Å². The van der Waals surface area contributed by atoms with Crippen LogP contribution in [0.2, 0.25) is 0 Å². The highest BCUT2D eigenvalue weighted by Gasteiger charge is 2.40. The number of nitrogens with one attached hydrogen (secondary N) is 1. The van der Waals surface area contributed by atoms with Crippen LogP contribution in [0.5, 0.6) is 0 Å². The van der Waals surface area contributed by atoms with Gasteiger partial charge in [-0.1, -0.05) is 29.8 Å². The molecule has 20 heavy (non-hydrogen) atoms. The van der Waals surface area contributed by atoms with Gasteiger partial charge < -0.3 is 10.2 Å². The molecule has 0 bridgehead atoms. The first kappa shape index (κ1) is 14.1. The number of likely N-dealkylation sites (tertiary alicyclic amines) is 1. The first-order valence-electron chi connectivity index (χ1n) is 7.92. The number of piperidine rings is 1. The Kier molecular flexibility index (Phi) is 4.11. The second-order valence-corrected chi connectivity index (χ2v) is 6.44. The van der Waals surface area contributed by atoms with Crippen LogP contribution >= 0.6 is 0 Å². The molecule has 1 aromatic carbocycles. The predicted molar refractivity (Wildman–Crippen MR) is 84.0 cm³/mol. The van der Waals surface area contributed by atoms with Gasteiger partial charge >= 0.3 is 0 Å². The molecule has 0 radical (unpaired) electrons. The highest BCUT2D eigenvalue weighted by atomic mass is 15.3. The van der Waals surface area contributed by atoms with Crippen LogP contribution in [0, 0.1) is 6.92 Å². The van der Waals surface area contributed by atoms with Crippen molar-refractivity contribution >= 4 is 0 Å². The largest absolute Gasteiger partial charge is 0.314 e. The third-order valence-corrected chi connectivity index (χ3v) is 5.13. The van der Waals surface area contributed by atoms with Crippen LogP contribution in [0.15, 0.2) is 24.3 Å². The second-order valence-electron chi connectivity index (χ2n) is 6.44. The van der Waals surface area contributed by atoms with E-state index in [-0.39, 0.29) is 5.54 Å². The normalized spacial score (nSPS) is 24.7. The van der Waals surface area contributed by atoms with Crippen molar-refractivity contribution in [2.75, 3.05) is 46.3 Å². The number of rotatable bonds is 2. The fraction of sp³-hybridized carbons (Fsp3) is 0.647. The molecule has 0 aromatic heterocycles. The van der Waals surface area contributed by atoms with Crippen molar-refractivity contribution in [3.63, 3.8) is 0 Å². The van der Waals surface area contributed by atoms with E-state index in [0.717, 1.165) is 13.1 Å². The average molecular weight is 273 g/mol. The second kappa shape index (κ2) is 5.84. The molecule has 0 spiro atoms. The van der Waals surface area contributed by atoms with Gasteiger partial charge in [-0.2, -0.15) is 0 Å². The Bertz CT molecular complexity index is 426. The zero-order chi connectivity index (χ0) is 14.0. The molecule has 3 rings (SSSR count). The highest BCUT2D eigenvalue weighted by Crippen LogP contribution is 2.38. The van der Waals surface area contributed by atoms with Crippen LogP contribution in [0.3, 0.4) is 0 Å². The summed E-state index contributed by atoms with van der Waals surface area (Å²) in [4.78, 5) is 5.20. The molecule has 2 aliphatic heterocycles. The fourth-order valence-corrected chi connectivity index (χ4v) is 3.73. The van der Waals surface area contributed by atoms with E-state index in [1.165, 1.54) is 50.1 Å². The first-order valence-corrected chi connectivity index (χ1v) is 7.92. The van der Waals surface area contributed by atoms with Crippen molar-refractivity contribution in [2.24, 2.45) is 0 Å². The Morgan fingerprint density at radius 1 is 0.950 bits per heavy atom. The van der Waals surface area contributed by atoms with Gasteiger partial charge in [0.15, 0.2) is 0 Å². The lowest BCUT2D eigenvalue weighted by atomic mass is 9.78. The molecule has 2 fully saturated rings. The molecule has 0 aliphatic carbocycles. The summed E-state index contributed by atoms with van der Waals surface area (Å²) in [6.45, 7) is 9.20. The SMILES string of the molecule is Cc1ccc(C2(N3CCNCC3)CCN(C)CC2)cc1. The first-order chi connectivity index (χ1) is 9.71. The van der Waals surface area contributed by atoms with Crippen LogP contribution in [-0.2, 0) is 5.54 Å². The number of aryl methyl sites for hydroxylation is 1. The summed E-state index contributed by atoms with van der Waals surface area (Å²) in [7, 11) is 2.25. The number of nitrogens with zero attached hydrogens (tertiary/aromatic N) is 2. The van der Waals surface area contributed by atoms with Crippen molar-refractivity contribution in [3.8, 4) is 0 Å². The maximum Gasteiger partial charge on any atom is 0.0486 e. The van der Waals surface area contributed by atoms with Crippen LogP contribution < -0.4 is 5.32 Å². The van der Waals surface area contributed by atoms with Crippen molar-refractivity contribution < 1.29 is 0 Å². The minimum absolute atomic E-state index is 0.266. The van der Waals surface area contributed by atoms with E-state index < -0.39 is 0 Å². The molecular formula is C17H27N3. The van der Waals surface area contributed by atoms with E-state index in [1.807, 2.05) is 0 Å². The molecule has 0 atom stereocenters. The number of benzene rings is 1. The molecule has 2 heterocycles. The Labute approximate surface area is 123 Å². The summed E-state index contributed by atoms with van der Waals surface area (Å²) >= 11 is 0. The molecule has 1 N–H and O–H groups in total. The van der Waals surface area contributed by atoms with E-state index in [2.05, 4.69) is 53.4 Å². The minimum Gasteiger partial charge on any atom is -0.314 e. The van der Waals surface area contributed by atoms with Gasteiger partial charge in [0.25, 0.3) is 0 Å². The molecule has 110 valence electrons. The van der Waals surface area contributed by atoms with Crippen LogP contribution in [-0.4, -0.2) is 56.1 Å². The highest BCUT2D eigenvalue weighted by molar-refractivity contribution is 5.29. The molecular weight excluding hydrogens is 246 g/mol. The third kappa shape index (κ3) is 2.62. The van der Waals surface area contributed by atoms with Gasteiger partial charge in [0, 0.05) is 31.7 Å². The Morgan fingerprint density at radius 2 is 1.55 bits per heavy atom. The summed E-state index contributed by atoms with van der Waals surface area (Å²) in [6, 6.07) is 9.28. The van der Waals surface area contributed by atoms with Crippen molar-refractivity contribution in [1.29, 1.82) is 0 Å². The van der Waals surface area contributed by atoms with Gasteiger partial charge in [0.1, 0.15) is 0 Å². The van der Waals surface area contributed by atoms with Gasteiger partial charge in [-0.25, -0.2) is 0 Å². The van der Waals surface area contributed by atoms with E-state index in [4.69, 9.17) is 0 Å². The Morgan fingerprint density at radius 3 is 2.15 bits per heavy atom. The minimum atomic E-state index is 0.266. The van der Waals surface area contributed by atoms with Gasteiger partial charge in [-0.15, -0.1) is 0 Å². The molecule has 1 aromatic rings. The molecule has 3 heteroatoms. The van der Waals surface area contributed by atoms with E-state index >= 15 is 0 Å². The molecule has 3 nitrogen and oxygen atoms in total. The zero-order valence-corrected chi connectivity index (χ0v) is 12.9. The number of hydrogen-bond donors (Lipinski definition) is 1. The summed E-state index contributed by atoms with van der Waals surface area (Å²) in [5.41, 5.74) is 3.15. The van der Waals surface area contributed by atoms with E-state index in [1.54, 1.807) is 0 Å². The van der Waals surface area contributed by atoms with Crippen molar-refractivity contribution in [2.45, 2.75) is 25.3 Å².